The monoisotopic (exact) mass is 337 g/mol. The third-order valence-electron chi connectivity index (χ3n) is 5.07. The van der Waals surface area contributed by atoms with E-state index in [9.17, 15) is 0 Å². The summed E-state index contributed by atoms with van der Waals surface area (Å²) in [6, 6.07) is 8.64. The Morgan fingerprint density at radius 2 is 2.12 bits per heavy atom. The maximum Gasteiger partial charge on any atom is 0.198 e. The molecule has 0 unspecified atom stereocenters. The molecule has 1 N–H and O–H groups in total. The molecule has 5 heteroatoms. The molecule has 0 radical (unpaired) electrons. The normalized spacial score (nSPS) is 16.7. The zero-order valence-corrected chi connectivity index (χ0v) is 15.0. The summed E-state index contributed by atoms with van der Waals surface area (Å²) in [7, 11) is 0. The fourth-order valence-corrected chi connectivity index (χ4v) is 3.82. The Balaban J connectivity index is 1.45. The highest BCUT2D eigenvalue weighted by Gasteiger charge is 2.22. The molecule has 1 aromatic heterocycles. The van der Waals surface area contributed by atoms with Gasteiger partial charge in [-0.3, -0.25) is 4.99 Å². The van der Waals surface area contributed by atoms with E-state index in [1.54, 1.807) is 0 Å². The van der Waals surface area contributed by atoms with Crippen LogP contribution in [0.1, 0.15) is 36.8 Å². The number of guanidine groups is 1. The van der Waals surface area contributed by atoms with Gasteiger partial charge < -0.3 is 14.8 Å². The van der Waals surface area contributed by atoms with Crippen molar-refractivity contribution in [1.82, 2.24) is 14.9 Å². The molecule has 1 aromatic carbocycles. The standard InChI is InChI=1S/C20H27N5/c1-2-21-20(25-14-11-16-7-3-4-8-18(16)25)22-12-10-17-15-24-13-6-5-9-19(24)23-17/h3-4,7-8,15H,2,5-6,9-14H2,1H3,(H,21,22). The van der Waals surface area contributed by atoms with Crippen LogP contribution < -0.4 is 10.2 Å². The van der Waals surface area contributed by atoms with Gasteiger partial charge in [-0.1, -0.05) is 18.2 Å². The largest absolute Gasteiger partial charge is 0.356 e. The third kappa shape index (κ3) is 3.41. The number of rotatable bonds is 4. The van der Waals surface area contributed by atoms with Gasteiger partial charge in [0.15, 0.2) is 5.96 Å². The Kier molecular flexibility index (Phi) is 4.72. The summed E-state index contributed by atoms with van der Waals surface area (Å²) in [6.07, 6.45) is 7.89. The number of aromatic nitrogens is 2. The summed E-state index contributed by atoms with van der Waals surface area (Å²) in [4.78, 5) is 12.0. The van der Waals surface area contributed by atoms with Gasteiger partial charge in [0, 0.05) is 50.9 Å². The highest BCUT2D eigenvalue weighted by Crippen LogP contribution is 2.27. The lowest BCUT2D eigenvalue weighted by atomic mass is 10.2. The van der Waals surface area contributed by atoms with Crippen molar-refractivity contribution in [3.05, 3.63) is 47.5 Å². The number of para-hydroxylation sites is 1. The van der Waals surface area contributed by atoms with Crippen LogP contribution in [0.5, 0.6) is 0 Å². The summed E-state index contributed by atoms with van der Waals surface area (Å²) >= 11 is 0. The second-order valence-electron chi connectivity index (χ2n) is 6.81. The lowest BCUT2D eigenvalue weighted by molar-refractivity contribution is 0.522. The van der Waals surface area contributed by atoms with Crippen molar-refractivity contribution < 1.29 is 0 Å². The zero-order valence-electron chi connectivity index (χ0n) is 15.0. The van der Waals surface area contributed by atoms with Gasteiger partial charge in [0.1, 0.15) is 5.82 Å². The molecule has 2 aliphatic rings. The molecule has 2 aliphatic heterocycles. The molecular formula is C20H27N5. The van der Waals surface area contributed by atoms with E-state index in [1.165, 1.54) is 35.6 Å². The van der Waals surface area contributed by atoms with Crippen molar-refractivity contribution in [3.63, 3.8) is 0 Å². The average Bonchev–Trinajstić information content (AvgIpc) is 3.24. The number of nitrogens with one attached hydrogen (secondary N) is 1. The van der Waals surface area contributed by atoms with E-state index in [1.807, 2.05) is 0 Å². The first-order valence-electron chi connectivity index (χ1n) is 9.54. The smallest absolute Gasteiger partial charge is 0.198 e. The lowest BCUT2D eigenvalue weighted by Gasteiger charge is -2.22. The number of benzene rings is 1. The molecule has 25 heavy (non-hydrogen) atoms. The van der Waals surface area contributed by atoms with Gasteiger partial charge in [0.05, 0.1) is 5.69 Å². The van der Waals surface area contributed by atoms with Gasteiger partial charge in [0.2, 0.25) is 0 Å². The van der Waals surface area contributed by atoms with Crippen molar-refractivity contribution in [2.45, 2.75) is 45.6 Å². The number of aryl methyl sites for hydroxylation is 2. The molecule has 0 amide bonds. The van der Waals surface area contributed by atoms with Crippen LogP contribution in [0.2, 0.25) is 0 Å². The van der Waals surface area contributed by atoms with Crippen LogP contribution in [0.3, 0.4) is 0 Å². The van der Waals surface area contributed by atoms with E-state index in [0.29, 0.717) is 0 Å². The van der Waals surface area contributed by atoms with Crippen LogP contribution >= 0.6 is 0 Å². The molecule has 0 bridgehead atoms. The van der Waals surface area contributed by atoms with Gasteiger partial charge in [-0.25, -0.2) is 4.98 Å². The van der Waals surface area contributed by atoms with Gasteiger partial charge in [-0.05, 0) is 37.8 Å². The van der Waals surface area contributed by atoms with Crippen LogP contribution in [0, 0.1) is 0 Å². The Hall–Kier alpha value is -2.30. The van der Waals surface area contributed by atoms with Gasteiger partial charge in [0.25, 0.3) is 0 Å². The van der Waals surface area contributed by atoms with Crippen LogP contribution in [0.25, 0.3) is 0 Å². The highest BCUT2D eigenvalue weighted by atomic mass is 15.3. The lowest BCUT2D eigenvalue weighted by Crippen LogP contribution is -2.40. The first-order valence-corrected chi connectivity index (χ1v) is 9.54. The van der Waals surface area contributed by atoms with E-state index in [2.05, 4.69) is 52.2 Å². The molecule has 132 valence electrons. The number of fused-ring (bicyclic) bond motifs is 2. The van der Waals surface area contributed by atoms with Crippen molar-refractivity contribution in [2.75, 3.05) is 24.5 Å². The molecule has 0 saturated carbocycles. The first kappa shape index (κ1) is 16.2. The highest BCUT2D eigenvalue weighted by molar-refractivity contribution is 5.97. The molecule has 0 saturated heterocycles. The van der Waals surface area contributed by atoms with E-state index in [0.717, 1.165) is 51.4 Å². The average molecular weight is 337 g/mol. The minimum atomic E-state index is 0.775. The minimum absolute atomic E-state index is 0.775. The summed E-state index contributed by atoms with van der Waals surface area (Å²) in [5.74, 6) is 2.25. The SMILES string of the molecule is CCNC(=NCCc1cn2c(n1)CCCC2)N1CCc2ccccc21. The molecule has 0 atom stereocenters. The fourth-order valence-electron chi connectivity index (χ4n) is 3.82. The number of anilines is 1. The number of nitrogens with zero attached hydrogens (tertiary/aromatic N) is 4. The molecule has 3 heterocycles. The number of aliphatic imine (C=N–C) groups is 1. The van der Waals surface area contributed by atoms with Crippen molar-refractivity contribution in [3.8, 4) is 0 Å². The van der Waals surface area contributed by atoms with Crippen LogP contribution in [0.4, 0.5) is 5.69 Å². The fraction of sp³-hybridized carbons (Fsp3) is 0.500. The predicted molar refractivity (Wildman–Crippen MR) is 102 cm³/mol. The number of imidazole rings is 1. The van der Waals surface area contributed by atoms with Gasteiger partial charge in [-0.15, -0.1) is 0 Å². The summed E-state index contributed by atoms with van der Waals surface area (Å²) in [5.41, 5.74) is 3.88. The van der Waals surface area contributed by atoms with E-state index >= 15 is 0 Å². The Bertz CT molecular complexity index is 738. The topological polar surface area (TPSA) is 45.5 Å². The predicted octanol–water partition coefficient (Wildman–Crippen LogP) is 2.79. The Morgan fingerprint density at radius 1 is 1.20 bits per heavy atom. The number of hydrogen-bond donors (Lipinski definition) is 1. The van der Waals surface area contributed by atoms with Gasteiger partial charge >= 0.3 is 0 Å². The molecule has 5 nitrogen and oxygen atoms in total. The maximum atomic E-state index is 4.88. The summed E-state index contributed by atoms with van der Waals surface area (Å²) in [6.45, 7) is 5.91. The zero-order chi connectivity index (χ0) is 17.1. The molecule has 2 aromatic rings. The summed E-state index contributed by atoms with van der Waals surface area (Å²) in [5, 5.41) is 3.45. The number of hydrogen-bond acceptors (Lipinski definition) is 2. The maximum absolute atomic E-state index is 4.88. The summed E-state index contributed by atoms with van der Waals surface area (Å²) < 4.78 is 2.32. The van der Waals surface area contributed by atoms with Crippen LogP contribution in [-0.4, -0.2) is 35.1 Å². The van der Waals surface area contributed by atoms with Crippen LogP contribution in [-0.2, 0) is 25.8 Å². The van der Waals surface area contributed by atoms with E-state index in [-0.39, 0.29) is 0 Å². The second kappa shape index (κ2) is 7.30. The minimum Gasteiger partial charge on any atom is -0.356 e. The van der Waals surface area contributed by atoms with Crippen molar-refractivity contribution in [1.29, 1.82) is 0 Å². The molecule has 0 spiro atoms. The van der Waals surface area contributed by atoms with Crippen LogP contribution in [0.15, 0.2) is 35.5 Å². The Labute approximate surface area is 149 Å². The van der Waals surface area contributed by atoms with Crippen molar-refractivity contribution >= 4 is 11.6 Å². The molecule has 0 aliphatic carbocycles. The third-order valence-corrected chi connectivity index (χ3v) is 5.07. The molecular weight excluding hydrogens is 310 g/mol. The van der Waals surface area contributed by atoms with E-state index < -0.39 is 0 Å². The Morgan fingerprint density at radius 3 is 3.00 bits per heavy atom. The van der Waals surface area contributed by atoms with Gasteiger partial charge in [-0.2, -0.15) is 0 Å². The quantitative estimate of drug-likeness (QED) is 0.689. The van der Waals surface area contributed by atoms with E-state index in [4.69, 9.17) is 9.98 Å². The molecule has 0 fully saturated rings. The second-order valence-corrected chi connectivity index (χ2v) is 6.81. The molecule has 4 rings (SSSR count). The first-order chi connectivity index (χ1) is 12.3. The van der Waals surface area contributed by atoms with Crippen molar-refractivity contribution in [2.24, 2.45) is 4.99 Å².